The molecule has 0 unspecified atom stereocenters. The first-order valence-electron chi connectivity index (χ1n) is 4.13. The second-order valence-corrected chi connectivity index (χ2v) is 2.61. The summed E-state index contributed by atoms with van der Waals surface area (Å²) in [6.45, 7) is 7.68. The third kappa shape index (κ3) is 2.67. The highest BCUT2D eigenvalue weighted by molar-refractivity contribution is 4.89. The van der Waals surface area contributed by atoms with E-state index in [4.69, 9.17) is 10.5 Å². The Bertz CT molecular complexity index is 79.3. The van der Waals surface area contributed by atoms with Gasteiger partial charge in [-0.05, 0) is 6.42 Å². The normalized spacial score (nSPS) is 20.4. The van der Waals surface area contributed by atoms with Gasteiger partial charge < -0.3 is 10.5 Å². The summed E-state index contributed by atoms with van der Waals surface area (Å²) in [6.07, 6.45) is 2.27. The van der Waals surface area contributed by atoms with Crippen LogP contribution in [0.5, 0.6) is 0 Å². The highest BCUT2D eigenvalue weighted by Crippen LogP contribution is 2.18. The van der Waals surface area contributed by atoms with Gasteiger partial charge in [-0.1, -0.05) is 27.2 Å². The molecule has 1 rings (SSSR count). The molecule has 0 amide bonds. The van der Waals surface area contributed by atoms with Crippen molar-refractivity contribution in [1.82, 2.24) is 0 Å². The number of hydrogen-bond donors (Lipinski definition) is 1. The average Bonchev–Trinajstić information content (AvgIpc) is 1.90. The second-order valence-electron chi connectivity index (χ2n) is 2.61. The van der Waals surface area contributed by atoms with Crippen molar-refractivity contribution in [2.45, 2.75) is 39.2 Å². The molecule has 1 aliphatic heterocycles. The van der Waals surface area contributed by atoms with Crippen LogP contribution < -0.4 is 5.73 Å². The van der Waals surface area contributed by atoms with Crippen molar-refractivity contribution in [3.8, 4) is 0 Å². The molecule has 0 bridgehead atoms. The van der Waals surface area contributed by atoms with Gasteiger partial charge in [-0.2, -0.15) is 0 Å². The van der Waals surface area contributed by atoms with E-state index < -0.39 is 0 Å². The topological polar surface area (TPSA) is 35.2 Å². The summed E-state index contributed by atoms with van der Waals surface area (Å²) in [4.78, 5) is 0. The fraction of sp³-hybridized carbons (Fsp3) is 1.00. The van der Waals surface area contributed by atoms with Crippen LogP contribution in [0.15, 0.2) is 0 Å². The summed E-state index contributed by atoms with van der Waals surface area (Å²) in [5, 5.41) is 0. The predicted octanol–water partition coefficient (Wildman–Crippen LogP) is 1.54. The highest BCUT2D eigenvalue weighted by Gasteiger charge is 2.32. The molecule has 0 radical (unpaired) electrons. The quantitative estimate of drug-likeness (QED) is 0.639. The summed E-state index contributed by atoms with van der Waals surface area (Å²) in [5.74, 6) is 0. The number of ether oxygens (including phenoxy) is 1. The lowest BCUT2D eigenvalue weighted by Gasteiger charge is -2.37. The Morgan fingerprint density at radius 1 is 1.40 bits per heavy atom. The van der Waals surface area contributed by atoms with E-state index in [1.54, 1.807) is 0 Å². The third-order valence-electron chi connectivity index (χ3n) is 1.53. The Morgan fingerprint density at radius 3 is 2.00 bits per heavy atom. The zero-order chi connectivity index (χ0) is 8.04. The third-order valence-corrected chi connectivity index (χ3v) is 1.53. The first kappa shape index (κ1) is 9.92. The number of rotatable bonds is 2. The highest BCUT2D eigenvalue weighted by atomic mass is 16.5. The van der Waals surface area contributed by atoms with Gasteiger partial charge in [0.15, 0.2) is 0 Å². The monoisotopic (exact) mass is 145 g/mol. The molecule has 2 nitrogen and oxygen atoms in total. The summed E-state index contributed by atoms with van der Waals surface area (Å²) in [6, 6.07) is 0. The predicted molar refractivity (Wildman–Crippen MR) is 44.0 cm³/mol. The number of hydrogen-bond acceptors (Lipinski definition) is 2. The maximum absolute atomic E-state index is 5.79. The van der Waals surface area contributed by atoms with E-state index in [1.807, 2.05) is 13.8 Å². The van der Waals surface area contributed by atoms with Crippen molar-refractivity contribution in [3.63, 3.8) is 0 Å². The standard InChI is InChI=1S/C6H13NO.C2H6/c1-2-3-6(7)4-8-5-6;1-2/h2-5,7H2,1H3;1-2H3. The minimum atomic E-state index is 0.0503. The van der Waals surface area contributed by atoms with Crippen molar-refractivity contribution in [3.05, 3.63) is 0 Å². The Labute approximate surface area is 63.7 Å². The summed E-state index contributed by atoms with van der Waals surface area (Å²) in [5.41, 5.74) is 5.84. The van der Waals surface area contributed by atoms with Crippen molar-refractivity contribution in [1.29, 1.82) is 0 Å². The first-order chi connectivity index (χ1) is 4.77. The van der Waals surface area contributed by atoms with Crippen LogP contribution in [0.4, 0.5) is 0 Å². The molecule has 0 aliphatic carbocycles. The minimum Gasteiger partial charge on any atom is -0.377 e. The molecule has 1 heterocycles. The molecule has 1 aliphatic rings. The zero-order valence-corrected chi connectivity index (χ0v) is 7.31. The van der Waals surface area contributed by atoms with Crippen molar-refractivity contribution in [2.24, 2.45) is 5.73 Å². The Hall–Kier alpha value is -0.0800. The van der Waals surface area contributed by atoms with Crippen LogP contribution in [0, 0.1) is 0 Å². The summed E-state index contributed by atoms with van der Waals surface area (Å²) in [7, 11) is 0. The van der Waals surface area contributed by atoms with Gasteiger partial charge >= 0.3 is 0 Å². The Kier molecular flexibility index (Phi) is 4.65. The van der Waals surface area contributed by atoms with Crippen LogP contribution in [0.3, 0.4) is 0 Å². The molecule has 0 aromatic rings. The average molecular weight is 145 g/mol. The fourth-order valence-corrected chi connectivity index (χ4v) is 1.01. The van der Waals surface area contributed by atoms with Crippen LogP contribution in [0.2, 0.25) is 0 Å². The lowest BCUT2D eigenvalue weighted by atomic mass is 9.93. The first-order valence-corrected chi connectivity index (χ1v) is 4.13. The van der Waals surface area contributed by atoms with Gasteiger partial charge in [-0.3, -0.25) is 0 Å². The molecular weight excluding hydrogens is 126 g/mol. The fourth-order valence-electron chi connectivity index (χ4n) is 1.01. The molecule has 1 fully saturated rings. The molecule has 0 atom stereocenters. The van der Waals surface area contributed by atoms with E-state index in [9.17, 15) is 0 Å². The van der Waals surface area contributed by atoms with Gasteiger partial charge in [-0.25, -0.2) is 0 Å². The summed E-state index contributed by atoms with van der Waals surface area (Å²) >= 11 is 0. The molecule has 0 aromatic heterocycles. The van der Waals surface area contributed by atoms with Crippen LogP contribution >= 0.6 is 0 Å². The Balaban J connectivity index is 0.000000371. The SMILES string of the molecule is CC.CCCC1(N)COC1. The Morgan fingerprint density at radius 2 is 1.90 bits per heavy atom. The molecule has 0 spiro atoms. The summed E-state index contributed by atoms with van der Waals surface area (Å²) < 4.78 is 4.97. The van der Waals surface area contributed by atoms with E-state index in [2.05, 4.69) is 6.92 Å². The van der Waals surface area contributed by atoms with Gasteiger partial charge in [0.1, 0.15) is 0 Å². The van der Waals surface area contributed by atoms with E-state index in [-0.39, 0.29) is 5.54 Å². The van der Waals surface area contributed by atoms with Gasteiger partial charge in [0.2, 0.25) is 0 Å². The van der Waals surface area contributed by atoms with Crippen LogP contribution in [0.25, 0.3) is 0 Å². The van der Waals surface area contributed by atoms with Crippen LogP contribution in [-0.2, 0) is 4.74 Å². The second kappa shape index (κ2) is 4.69. The molecule has 2 heteroatoms. The van der Waals surface area contributed by atoms with Gasteiger partial charge in [0.05, 0.1) is 18.8 Å². The molecule has 10 heavy (non-hydrogen) atoms. The van der Waals surface area contributed by atoms with Crippen LogP contribution in [0.1, 0.15) is 33.6 Å². The van der Waals surface area contributed by atoms with Crippen molar-refractivity contribution < 1.29 is 4.74 Å². The van der Waals surface area contributed by atoms with E-state index in [0.717, 1.165) is 19.6 Å². The van der Waals surface area contributed by atoms with Gasteiger partial charge in [0.25, 0.3) is 0 Å². The molecule has 0 saturated carbocycles. The molecular formula is C8H19NO. The molecule has 0 aromatic carbocycles. The zero-order valence-electron chi connectivity index (χ0n) is 7.31. The van der Waals surface area contributed by atoms with Crippen molar-refractivity contribution in [2.75, 3.05) is 13.2 Å². The van der Waals surface area contributed by atoms with E-state index in [0.29, 0.717) is 0 Å². The van der Waals surface area contributed by atoms with Gasteiger partial charge in [0, 0.05) is 0 Å². The molecule has 2 N–H and O–H groups in total. The molecule has 62 valence electrons. The number of nitrogens with two attached hydrogens (primary N) is 1. The lowest BCUT2D eigenvalue weighted by Crippen LogP contribution is -2.57. The smallest absolute Gasteiger partial charge is 0.0669 e. The van der Waals surface area contributed by atoms with E-state index in [1.165, 1.54) is 6.42 Å². The lowest BCUT2D eigenvalue weighted by molar-refractivity contribution is -0.0574. The largest absolute Gasteiger partial charge is 0.377 e. The van der Waals surface area contributed by atoms with Crippen molar-refractivity contribution >= 4 is 0 Å². The maximum atomic E-state index is 5.79. The van der Waals surface area contributed by atoms with Gasteiger partial charge in [-0.15, -0.1) is 0 Å². The molecule has 1 saturated heterocycles. The maximum Gasteiger partial charge on any atom is 0.0669 e. The van der Waals surface area contributed by atoms with E-state index >= 15 is 0 Å². The minimum absolute atomic E-state index is 0.0503. The van der Waals surface area contributed by atoms with Crippen LogP contribution in [-0.4, -0.2) is 18.8 Å².